The summed E-state index contributed by atoms with van der Waals surface area (Å²) < 4.78 is 15.3. The van der Waals surface area contributed by atoms with Crippen molar-refractivity contribution in [2.75, 3.05) is 6.56 Å². The van der Waals surface area contributed by atoms with Gasteiger partial charge in [-0.2, -0.15) is 0 Å². The molecule has 68 valence electrons. The zero-order valence-electron chi connectivity index (χ0n) is 9.42. The lowest BCUT2D eigenvalue weighted by Crippen LogP contribution is -2.47. The van der Waals surface area contributed by atoms with Crippen LogP contribution in [-0.2, 0) is 0 Å². The van der Waals surface area contributed by atoms with Gasteiger partial charge in [0.05, 0.1) is 2.74 Å². The van der Waals surface area contributed by atoms with E-state index in [1.165, 1.54) is 19.3 Å². The Labute approximate surface area is 77.0 Å². The highest BCUT2D eigenvalue weighted by Crippen LogP contribution is 2.59. The third-order valence-corrected chi connectivity index (χ3v) is 4.28. The molecule has 0 radical (unpaired) electrons. The van der Waals surface area contributed by atoms with Gasteiger partial charge in [-0.3, -0.25) is 0 Å². The summed E-state index contributed by atoms with van der Waals surface area (Å²) >= 11 is 0. The first-order valence-corrected chi connectivity index (χ1v) is 5.21. The first-order valence-electron chi connectivity index (χ1n) is 6.21. The van der Waals surface area contributed by atoms with E-state index in [1.54, 1.807) is 0 Å². The Balaban J connectivity index is 1.95. The van der Waals surface area contributed by atoms with Crippen molar-refractivity contribution in [3.8, 4) is 0 Å². The first kappa shape index (κ1) is 5.64. The van der Waals surface area contributed by atoms with Gasteiger partial charge in [-0.25, -0.2) is 0 Å². The molecule has 4 aliphatic rings. The number of rotatable bonds is 1. The minimum absolute atomic E-state index is 0.373. The maximum absolute atomic E-state index is 9.72. The van der Waals surface area contributed by atoms with Crippen molar-refractivity contribution in [3.63, 3.8) is 0 Å². The molecule has 0 saturated heterocycles. The van der Waals surface area contributed by atoms with Crippen LogP contribution in [0.15, 0.2) is 0 Å². The van der Waals surface area contributed by atoms with Crippen LogP contribution in [0.1, 0.15) is 41.3 Å². The van der Waals surface area contributed by atoms with E-state index in [0.29, 0.717) is 17.8 Å². The van der Waals surface area contributed by atoms with E-state index in [-0.39, 0.29) is 5.41 Å². The van der Waals surface area contributed by atoms with E-state index in [9.17, 15) is 5.11 Å². The zero-order chi connectivity index (χ0) is 9.97. The average molecular weight is 168 g/mol. The minimum Gasteiger partial charge on any atom is -0.396 e. The molecular weight excluding hydrogens is 148 g/mol. The lowest BCUT2D eigenvalue weighted by Gasteiger charge is -2.56. The SMILES string of the molecule is [2H]C([2H])(O)C12CC3CC(CC(C3)C1)C2. The quantitative estimate of drug-likeness (QED) is 0.636. The second-order valence-electron chi connectivity index (χ2n) is 5.31. The van der Waals surface area contributed by atoms with E-state index in [1.807, 2.05) is 0 Å². The molecule has 4 rings (SSSR count). The van der Waals surface area contributed by atoms with Crippen LogP contribution in [0.5, 0.6) is 0 Å². The van der Waals surface area contributed by atoms with Crippen LogP contribution in [0.25, 0.3) is 0 Å². The van der Waals surface area contributed by atoms with Crippen LogP contribution in [0, 0.1) is 23.2 Å². The van der Waals surface area contributed by atoms with Gasteiger partial charge in [0.15, 0.2) is 0 Å². The first-order chi connectivity index (χ1) is 6.48. The number of hydrogen-bond donors (Lipinski definition) is 1. The van der Waals surface area contributed by atoms with Gasteiger partial charge >= 0.3 is 0 Å². The molecule has 0 heterocycles. The maximum Gasteiger partial charge on any atom is 0.0570 e. The van der Waals surface area contributed by atoms with E-state index < -0.39 is 6.56 Å². The van der Waals surface area contributed by atoms with Crippen LogP contribution in [0.4, 0.5) is 0 Å². The van der Waals surface area contributed by atoms with Crippen LogP contribution < -0.4 is 0 Å². The molecule has 0 unspecified atom stereocenters. The van der Waals surface area contributed by atoms with Crippen molar-refractivity contribution in [2.24, 2.45) is 23.2 Å². The molecule has 4 saturated carbocycles. The molecule has 0 aromatic heterocycles. The highest BCUT2D eigenvalue weighted by Gasteiger charge is 2.50. The van der Waals surface area contributed by atoms with E-state index in [4.69, 9.17) is 2.74 Å². The Morgan fingerprint density at radius 2 is 1.50 bits per heavy atom. The monoisotopic (exact) mass is 168 g/mol. The van der Waals surface area contributed by atoms with Crippen molar-refractivity contribution in [1.29, 1.82) is 0 Å². The summed E-state index contributed by atoms with van der Waals surface area (Å²) in [5.74, 6) is 2.13. The topological polar surface area (TPSA) is 20.2 Å². The molecular formula is C11H18O. The second-order valence-corrected chi connectivity index (χ2v) is 5.31. The summed E-state index contributed by atoms with van der Waals surface area (Å²) in [5.41, 5.74) is -0.373. The minimum atomic E-state index is -1.94. The molecule has 1 N–H and O–H groups in total. The van der Waals surface area contributed by atoms with Crippen LogP contribution in [0.2, 0.25) is 0 Å². The van der Waals surface area contributed by atoms with Gasteiger partial charge in [-0.15, -0.1) is 0 Å². The molecule has 0 aromatic rings. The zero-order valence-corrected chi connectivity index (χ0v) is 7.42. The normalized spacial score (nSPS) is 59.9. The third kappa shape index (κ3) is 0.891. The van der Waals surface area contributed by atoms with Gasteiger partial charge in [0, 0.05) is 6.56 Å². The summed E-state index contributed by atoms with van der Waals surface area (Å²) in [6.07, 6.45) is 6.70. The number of aliphatic hydroxyl groups is 1. The fourth-order valence-corrected chi connectivity index (χ4v) is 4.25. The average Bonchev–Trinajstić information content (AvgIpc) is 1.98. The Hall–Kier alpha value is -0.0400. The lowest BCUT2D eigenvalue weighted by atomic mass is 9.50. The summed E-state index contributed by atoms with van der Waals surface area (Å²) in [5, 5.41) is 9.72. The third-order valence-electron chi connectivity index (χ3n) is 4.28. The fourth-order valence-electron chi connectivity index (χ4n) is 4.25. The van der Waals surface area contributed by atoms with Crippen LogP contribution in [0.3, 0.4) is 0 Å². The second kappa shape index (κ2) is 2.25. The molecule has 12 heavy (non-hydrogen) atoms. The Morgan fingerprint density at radius 1 is 1.08 bits per heavy atom. The summed E-state index contributed by atoms with van der Waals surface area (Å²) in [6, 6.07) is 0. The van der Waals surface area contributed by atoms with Gasteiger partial charge in [0.1, 0.15) is 0 Å². The van der Waals surface area contributed by atoms with Gasteiger partial charge in [-0.1, -0.05) is 0 Å². The highest BCUT2D eigenvalue weighted by molar-refractivity contribution is 5.00. The van der Waals surface area contributed by atoms with Gasteiger partial charge in [-0.05, 0) is 61.7 Å². The van der Waals surface area contributed by atoms with Crippen LogP contribution >= 0.6 is 0 Å². The van der Waals surface area contributed by atoms with Crippen molar-refractivity contribution in [2.45, 2.75) is 38.5 Å². The predicted octanol–water partition coefficient (Wildman–Crippen LogP) is 2.20. The molecule has 0 atom stereocenters. The van der Waals surface area contributed by atoms with Gasteiger partial charge in [0.25, 0.3) is 0 Å². The summed E-state index contributed by atoms with van der Waals surface area (Å²) in [4.78, 5) is 0. The molecule has 0 spiro atoms. The van der Waals surface area contributed by atoms with E-state index in [2.05, 4.69) is 0 Å². The Kier molecular flexibility index (Phi) is 1.06. The fraction of sp³-hybridized carbons (Fsp3) is 1.00. The molecule has 4 aliphatic carbocycles. The molecule has 4 fully saturated rings. The molecule has 1 heteroatoms. The highest BCUT2D eigenvalue weighted by atomic mass is 16.3. The molecule has 0 amide bonds. The van der Waals surface area contributed by atoms with Crippen molar-refractivity contribution < 1.29 is 7.85 Å². The smallest absolute Gasteiger partial charge is 0.0570 e. The summed E-state index contributed by atoms with van der Waals surface area (Å²) in [6.45, 7) is -1.94. The molecule has 0 aliphatic heterocycles. The van der Waals surface area contributed by atoms with Crippen molar-refractivity contribution in [1.82, 2.24) is 0 Å². The van der Waals surface area contributed by atoms with Crippen molar-refractivity contribution in [3.05, 3.63) is 0 Å². The lowest BCUT2D eigenvalue weighted by molar-refractivity contribution is -0.0798. The maximum atomic E-state index is 9.72. The summed E-state index contributed by atoms with van der Waals surface area (Å²) in [7, 11) is 0. The Morgan fingerprint density at radius 3 is 1.83 bits per heavy atom. The van der Waals surface area contributed by atoms with E-state index >= 15 is 0 Å². The Bertz CT molecular complexity index is 221. The number of hydrogen-bond acceptors (Lipinski definition) is 1. The standard InChI is InChI=1S/C11H18O/c12-7-11-4-8-1-9(5-11)3-10(2-8)6-11/h8-10,12H,1-7H2/i7D2. The van der Waals surface area contributed by atoms with Gasteiger partial charge < -0.3 is 5.11 Å². The molecule has 4 bridgehead atoms. The van der Waals surface area contributed by atoms with E-state index in [0.717, 1.165) is 19.3 Å². The predicted molar refractivity (Wildman–Crippen MR) is 47.7 cm³/mol. The largest absolute Gasteiger partial charge is 0.396 e. The molecule has 1 nitrogen and oxygen atoms in total. The van der Waals surface area contributed by atoms with Crippen LogP contribution in [-0.4, -0.2) is 11.7 Å². The van der Waals surface area contributed by atoms with Gasteiger partial charge in [0.2, 0.25) is 0 Å². The molecule has 0 aromatic carbocycles. The van der Waals surface area contributed by atoms with Crippen molar-refractivity contribution >= 4 is 0 Å².